The highest BCUT2D eigenvalue weighted by Gasteiger charge is 2.16. The Morgan fingerprint density at radius 3 is 2.50 bits per heavy atom. The number of hydrogen-bond donors (Lipinski definition) is 1. The highest BCUT2D eigenvalue weighted by atomic mass is 19.1. The molecule has 1 unspecified atom stereocenters. The van der Waals surface area contributed by atoms with Gasteiger partial charge in [0, 0.05) is 5.69 Å². The first kappa shape index (κ1) is 14.3. The van der Waals surface area contributed by atoms with E-state index >= 15 is 0 Å². The fraction of sp³-hybridized carbons (Fsp3) is 0.250. The largest absolute Gasteiger partial charge is 0.496 e. The Balaban J connectivity index is 2.28. The average Bonchev–Trinajstić information content (AvgIpc) is 2.42. The van der Waals surface area contributed by atoms with Crippen molar-refractivity contribution in [1.82, 2.24) is 0 Å². The summed E-state index contributed by atoms with van der Waals surface area (Å²) in [6.07, 6.45) is 0. The summed E-state index contributed by atoms with van der Waals surface area (Å²) in [4.78, 5) is 0. The molecule has 0 radical (unpaired) electrons. The molecule has 0 fully saturated rings. The van der Waals surface area contributed by atoms with Crippen LogP contribution in [0, 0.1) is 18.6 Å². The molecular formula is C16H17F2NO. The molecule has 2 nitrogen and oxygen atoms in total. The SMILES string of the molecule is COc1cccc(F)c1C(C)Nc1ccc(C)c(F)c1. The minimum atomic E-state index is -0.350. The lowest BCUT2D eigenvalue weighted by molar-refractivity contribution is 0.402. The number of benzene rings is 2. The van der Waals surface area contributed by atoms with E-state index in [0.29, 0.717) is 22.6 Å². The van der Waals surface area contributed by atoms with E-state index in [9.17, 15) is 8.78 Å². The summed E-state index contributed by atoms with van der Waals surface area (Å²) in [6.45, 7) is 3.50. The standard InChI is InChI=1S/C16H17F2NO/c1-10-7-8-12(9-14(10)18)19-11(2)16-13(17)5-4-6-15(16)20-3/h4-9,11,19H,1-3H3. The number of methoxy groups -OCH3 is 1. The smallest absolute Gasteiger partial charge is 0.132 e. The zero-order valence-corrected chi connectivity index (χ0v) is 11.7. The lowest BCUT2D eigenvalue weighted by atomic mass is 10.1. The lowest BCUT2D eigenvalue weighted by Crippen LogP contribution is -2.10. The van der Waals surface area contributed by atoms with Gasteiger partial charge < -0.3 is 10.1 Å². The molecule has 20 heavy (non-hydrogen) atoms. The van der Waals surface area contributed by atoms with Crippen LogP contribution >= 0.6 is 0 Å². The van der Waals surface area contributed by atoms with Crippen LogP contribution in [-0.2, 0) is 0 Å². The molecule has 0 heterocycles. The van der Waals surface area contributed by atoms with E-state index in [1.807, 2.05) is 0 Å². The van der Waals surface area contributed by atoms with E-state index < -0.39 is 0 Å². The molecule has 0 aliphatic heterocycles. The third kappa shape index (κ3) is 2.90. The van der Waals surface area contributed by atoms with Crippen LogP contribution in [0.4, 0.5) is 14.5 Å². The van der Waals surface area contributed by atoms with E-state index in [1.165, 1.54) is 19.2 Å². The molecule has 106 valence electrons. The second kappa shape index (κ2) is 5.90. The number of hydrogen-bond acceptors (Lipinski definition) is 2. The van der Waals surface area contributed by atoms with Gasteiger partial charge in [-0.3, -0.25) is 0 Å². The molecule has 0 spiro atoms. The van der Waals surface area contributed by atoms with Crippen LogP contribution in [0.3, 0.4) is 0 Å². The van der Waals surface area contributed by atoms with E-state index in [4.69, 9.17) is 4.74 Å². The molecule has 0 aliphatic rings. The molecule has 4 heteroatoms. The topological polar surface area (TPSA) is 21.3 Å². The molecule has 2 aromatic carbocycles. The zero-order valence-electron chi connectivity index (χ0n) is 11.7. The summed E-state index contributed by atoms with van der Waals surface area (Å²) >= 11 is 0. The van der Waals surface area contributed by atoms with Crippen molar-refractivity contribution < 1.29 is 13.5 Å². The van der Waals surface area contributed by atoms with Crippen LogP contribution < -0.4 is 10.1 Å². The Bertz CT molecular complexity index is 613. The minimum Gasteiger partial charge on any atom is -0.496 e. The normalized spacial score (nSPS) is 12.1. The van der Waals surface area contributed by atoms with E-state index in [-0.39, 0.29) is 17.7 Å². The molecule has 2 aromatic rings. The van der Waals surface area contributed by atoms with Crippen LogP contribution in [0.15, 0.2) is 36.4 Å². The van der Waals surface area contributed by atoms with Crippen LogP contribution in [-0.4, -0.2) is 7.11 Å². The molecular weight excluding hydrogens is 260 g/mol. The van der Waals surface area contributed by atoms with Gasteiger partial charge in [-0.15, -0.1) is 0 Å². The van der Waals surface area contributed by atoms with Crippen molar-refractivity contribution in [2.45, 2.75) is 19.9 Å². The summed E-state index contributed by atoms with van der Waals surface area (Å²) in [6, 6.07) is 9.19. The number of nitrogens with one attached hydrogen (secondary N) is 1. The summed E-state index contributed by atoms with van der Waals surface area (Å²) in [7, 11) is 1.50. The molecule has 1 N–H and O–H groups in total. The van der Waals surface area contributed by atoms with Crippen molar-refractivity contribution in [2.24, 2.45) is 0 Å². The van der Waals surface area contributed by atoms with Gasteiger partial charge in [0.1, 0.15) is 17.4 Å². The van der Waals surface area contributed by atoms with E-state index in [1.54, 1.807) is 38.1 Å². The van der Waals surface area contributed by atoms with Crippen molar-refractivity contribution in [2.75, 3.05) is 12.4 Å². The Hall–Kier alpha value is -2.10. The summed E-state index contributed by atoms with van der Waals surface area (Å²) in [5, 5.41) is 3.08. The van der Waals surface area contributed by atoms with Gasteiger partial charge in [0.25, 0.3) is 0 Å². The predicted molar refractivity (Wildman–Crippen MR) is 76.1 cm³/mol. The first-order valence-corrected chi connectivity index (χ1v) is 6.38. The van der Waals surface area contributed by atoms with Gasteiger partial charge >= 0.3 is 0 Å². The van der Waals surface area contributed by atoms with Crippen LogP contribution in [0.2, 0.25) is 0 Å². The van der Waals surface area contributed by atoms with Crippen molar-refractivity contribution in [3.05, 3.63) is 59.2 Å². The maximum atomic E-state index is 13.9. The molecule has 0 aromatic heterocycles. The quantitative estimate of drug-likeness (QED) is 0.891. The van der Waals surface area contributed by atoms with Crippen molar-refractivity contribution in [3.63, 3.8) is 0 Å². The van der Waals surface area contributed by atoms with Gasteiger partial charge in [-0.1, -0.05) is 12.1 Å². The summed E-state index contributed by atoms with van der Waals surface area (Å²) in [5.41, 5.74) is 1.61. The highest BCUT2D eigenvalue weighted by molar-refractivity contribution is 5.49. The van der Waals surface area contributed by atoms with E-state index in [2.05, 4.69) is 5.32 Å². The van der Waals surface area contributed by atoms with Crippen molar-refractivity contribution in [1.29, 1.82) is 0 Å². The number of anilines is 1. The molecule has 1 atom stereocenters. The molecule has 0 bridgehead atoms. The second-order valence-electron chi connectivity index (χ2n) is 4.69. The van der Waals surface area contributed by atoms with Gasteiger partial charge in [-0.25, -0.2) is 8.78 Å². The first-order chi connectivity index (χ1) is 9.52. The monoisotopic (exact) mass is 277 g/mol. The van der Waals surface area contributed by atoms with Gasteiger partial charge in [0.05, 0.1) is 18.7 Å². The Morgan fingerprint density at radius 1 is 1.10 bits per heavy atom. The third-order valence-electron chi connectivity index (χ3n) is 3.22. The summed E-state index contributed by atoms with van der Waals surface area (Å²) < 4.78 is 32.6. The lowest BCUT2D eigenvalue weighted by Gasteiger charge is -2.19. The maximum absolute atomic E-state index is 13.9. The molecule has 2 rings (SSSR count). The van der Waals surface area contributed by atoms with Crippen LogP contribution in [0.25, 0.3) is 0 Å². The maximum Gasteiger partial charge on any atom is 0.132 e. The number of ether oxygens (including phenoxy) is 1. The molecule has 0 saturated carbocycles. The van der Waals surface area contributed by atoms with Crippen molar-refractivity contribution in [3.8, 4) is 5.75 Å². The fourth-order valence-electron chi connectivity index (χ4n) is 2.12. The van der Waals surface area contributed by atoms with Gasteiger partial charge in [-0.2, -0.15) is 0 Å². The average molecular weight is 277 g/mol. The Labute approximate surface area is 117 Å². The number of rotatable bonds is 4. The molecule has 0 aliphatic carbocycles. The first-order valence-electron chi connectivity index (χ1n) is 6.38. The highest BCUT2D eigenvalue weighted by Crippen LogP contribution is 2.30. The number of halogens is 2. The third-order valence-corrected chi connectivity index (χ3v) is 3.22. The van der Waals surface area contributed by atoms with Crippen LogP contribution in [0.5, 0.6) is 5.75 Å². The predicted octanol–water partition coefficient (Wildman–Crippen LogP) is 4.45. The fourth-order valence-corrected chi connectivity index (χ4v) is 2.12. The Kier molecular flexibility index (Phi) is 4.23. The van der Waals surface area contributed by atoms with Gasteiger partial charge in [0.15, 0.2) is 0 Å². The Morgan fingerprint density at radius 2 is 1.85 bits per heavy atom. The van der Waals surface area contributed by atoms with Gasteiger partial charge in [-0.05, 0) is 43.7 Å². The van der Waals surface area contributed by atoms with Crippen LogP contribution in [0.1, 0.15) is 24.1 Å². The second-order valence-corrected chi connectivity index (χ2v) is 4.69. The van der Waals surface area contributed by atoms with E-state index in [0.717, 1.165) is 0 Å². The molecule has 0 amide bonds. The number of aryl methyl sites for hydroxylation is 1. The minimum absolute atomic E-state index is 0.289. The van der Waals surface area contributed by atoms with Crippen molar-refractivity contribution >= 4 is 5.69 Å². The van der Waals surface area contributed by atoms with Gasteiger partial charge in [0.2, 0.25) is 0 Å². The summed E-state index contributed by atoms with van der Waals surface area (Å²) in [5.74, 6) is -0.169. The zero-order chi connectivity index (χ0) is 14.7. The molecule has 0 saturated heterocycles.